The summed E-state index contributed by atoms with van der Waals surface area (Å²) in [7, 11) is 0. The van der Waals surface area contributed by atoms with Gasteiger partial charge >= 0.3 is 6.03 Å². The van der Waals surface area contributed by atoms with E-state index in [1.54, 1.807) is 0 Å². The standard InChI is InChI=1S/C29H44N4O2/c1-2-3-4-5-6-7-27(34)33-14-12-32(13-15-33)26-10-8-25(9-11-26)30-28(35)31-29-19-22-16-23(20-29)18-24(17-22)21-29/h8-11,22-24H,2-7,12-21H2,1H3,(H2,30,31,35). The molecule has 1 saturated heterocycles. The maximum Gasteiger partial charge on any atom is 0.319 e. The van der Waals surface area contributed by atoms with Crippen LogP contribution in [0.25, 0.3) is 0 Å². The van der Waals surface area contributed by atoms with E-state index in [0.29, 0.717) is 12.3 Å². The summed E-state index contributed by atoms with van der Waals surface area (Å²) in [6.45, 7) is 5.53. The smallest absolute Gasteiger partial charge is 0.319 e. The second-order valence-corrected chi connectivity index (χ2v) is 11.9. The van der Waals surface area contributed by atoms with Gasteiger partial charge in [-0.15, -0.1) is 0 Å². The number of hydrogen-bond acceptors (Lipinski definition) is 3. The molecule has 6 nitrogen and oxygen atoms in total. The molecule has 0 unspecified atom stereocenters. The number of benzene rings is 1. The molecule has 0 aromatic heterocycles. The maximum absolute atomic E-state index is 12.8. The molecule has 0 spiro atoms. The van der Waals surface area contributed by atoms with Gasteiger partial charge in [-0.25, -0.2) is 4.79 Å². The Hall–Kier alpha value is -2.24. The lowest BCUT2D eigenvalue weighted by Crippen LogP contribution is -2.60. The Bertz CT molecular complexity index is 840. The fourth-order valence-corrected chi connectivity index (χ4v) is 7.67. The quantitative estimate of drug-likeness (QED) is 0.440. The molecule has 6 rings (SSSR count). The summed E-state index contributed by atoms with van der Waals surface area (Å²) in [6.07, 6.45) is 14.3. The molecule has 1 aliphatic heterocycles. The highest BCUT2D eigenvalue weighted by Gasteiger charge is 2.51. The first-order chi connectivity index (χ1) is 17.0. The zero-order valence-electron chi connectivity index (χ0n) is 21.6. The summed E-state index contributed by atoms with van der Waals surface area (Å²) in [5.74, 6) is 2.78. The van der Waals surface area contributed by atoms with E-state index in [1.807, 2.05) is 17.0 Å². The van der Waals surface area contributed by atoms with Crippen LogP contribution in [0.3, 0.4) is 0 Å². The first kappa shape index (κ1) is 24.5. The molecule has 0 atom stereocenters. The molecule has 5 aliphatic rings. The molecule has 4 saturated carbocycles. The number of amides is 3. The third kappa shape index (κ3) is 5.95. The number of nitrogens with one attached hydrogen (secondary N) is 2. The number of hydrogen-bond donors (Lipinski definition) is 2. The molecule has 3 amide bonds. The molecule has 35 heavy (non-hydrogen) atoms. The number of urea groups is 1. The number of carbonyl (C=O) groups excluding carboxylic acids is 2. The molecule has 1 aromatic carbocycles. The highest BCUT2D eigenvalue weighted by molar-refractivity contribution is 5.90. The van der Waals surface area contributed by atoms with Crippen molar-refractivity contribution in [2.75, 3.05) is 36.4 Å². The van der Waals surface area contributed by atoms with Crippen LogP contribution in [0.4, 0.5) is 16.2 Å². The highest BCUT2D eigenvalue weighted by Crippen LogP contribution is 2.55. The monoisotopic (exact) mass is 480 g/mol. The lowest BCUT2D eigenvalue weighted by molar-refractivity contribution is -0.131. The van der Waals surface area contributed by atoms with E-state index >= 15 is 0 Å². The van der Waals surface area contributed by atoms with Crippen LogP contribution in [0.5, 0.6) is 0 Å². The average molecular weight is 481 g/mol. The molecule has 0 radical (unpaired) electrons. The molecule has 1 heterocycles. The summed E-state index contributed by atoms with van der Waals surface area (Å²) >= 11 is 0. The van der Waals surface area contributed by atoms with E-state index in [0.717, 1.165) is 61.7 Å². The van der Waals surface area contributed by atoms with Crippen LogP contribution in [-0.2, 0) is 4.79 Å². The Morgan fingerprint density at radius 3 is 2.06 bits per heavy atom. The van der Waals surface area contributed by atoms with Crippen LogP contribution in [-0.4, -0.2) is 48.6 Å². The fourth-order valence-electron chi connectivity index (χ4n) is 7.67. The van der Waals surface area contributed by atoms with Crippen molar-refractivity contribution >= 4 is 23.3 Å². The van der Waals surface area contributed by atoms with Gasteiger partial charge in [-0.1, -0.05) is 32.6 Å². The largest absolute Gasteiger partial charge is 0.368 e. The van der Waals surface area contributed by atoms with Crippen molar-refractivity contribution in [3.05, 3.63) is 24.3 Å². The van der Waals surface area contributed by atoms with Crippen molar-refractivity contribution in [3.8, 4) is 0 Å². The topological polar surface area (TPSA) is 64.7 Å². The van der Waals surface area contributed by atoms with Gasteiger partial charge in [0.25, 0.3) is 0 Å². The predicted octanol–water partition coefficient (Wildman–Crippen LogP) is 5.79. The zero-order valence-corrected chi connectivity index (χ0v) is 21.6. The number of rotatable bonds is 9. The summed E-state index contributed by atoms with van der Waals surface area (Å²) in [5, 5.41) is 6.47. The molecule has 4 bridgehead atoms. The minimum absolute atomic E-state index is 0.0331. The highest BCUT2D eigenvalue weighted by atomic mass is 16.2. The van der Waals surface area contributed by atoms with Crippen molar-refractivity contribution < 1.29 is 9.59 Å². The third-order valence-corrected chi connectivity index (χ3v) is 9.03. The predicted molar refractivity (Wildman–Crippen MR) is 142 cm³/mol. The molecular weight excluding hydrogens is 436 g/mol. The summed E-state index contributed by atoms with van der Waals surface area (Å²) in [6, 6.07) is 8.13. The van der Waals surface area contributed by atoms with E-state index in [4.69, 9.17) is 0 Å². The fraction of sp³-hybridized carbons (Fsp3) is 0.724. The minimum Gasteiger partial charge on any atom is -0.368 e. The van der Waals surface area contributed by atoms with Crippen molar-refractivity contribution in [3.63, 3.8) is 0 Å². The Labute approximate surface area is 211 Å². The van der Waals surface area contributed by atoms with Gasteiger partial charge < -0.3 is 20.4 Å². The van der Waals surface area contributed by atoms with Gasteiger partial charge in [0.15, 0.2) is 0 Å². The molecule has 4 aliphatic carbocycles. The third-order valence-electron chi connectivity index (χ3n) is 9.03. The van der Waals surface area contributed by atoms with Crippen molar-refractivity contribution in [2.24, 2.45) is 17.8 Å². The van der Waals surface area contributed by atoms with E-state index in [-0.39, 0.29) is 11.6 Å². The summed E-state index contributed by atoms with van der Waals surface area (Å²) < 4.78 is 0. The van der Waals surface area contributed by atoms with Crippen LogP contribution in [0.1, 0.15) is 84.0 Å². The maximum atomic E-state index is 12.8. The second-order valence-electron chi connectivity index (χ2n) is 11.9. The average Bonchev–Trinajstić information content (AvgIpc) is 2.83. The Morgan fingerprint density at radius 2 is 1.46 bits per heavy atom. The SMILES string of the molecule is CCCCCCCC(=O)N1CCN(c2ccc(NC(=O)NC34CC5CC(CC(C5)C3)C4)cc2)CC1. The van der Waals surface area contributed by atoms with E-state index in [9.17, 15) is 9.59 Å². The van der Waals surface area contributed by atoms with Crippen LogP contribution in [0, 0.1) is 17.8 Å². The zero-order chi connectivity index (χ0) is 24.3. The Kier molecular flexibility index (Phi) is 7.54. The number of anilines is 2. The minimum atomic E-state index is -0.0541. The van der Waals surface area contributed by atoms with Gasteiger partial charge in [0.1, 0.15) is 0 Å². The van der Waals surface area contributed by atoms with Crippen molar-refractivity contribution in [1.29, 1.82) is 0 Å². The number of piperazine rings is 1. The summed E-state index contributed by atoms with van der Waals surface area (Å²) in [5.41, 5.74) is 2.03. The van der Waals surface area contributed by atoms with Crippen molar-refractivity contribution in [1.82, 2.24) is 10.2 Å². The Balaban J connectivity index is 1.06. The van der Waals surface area contributed by atoms with Gasteiger partial charge in [0, 0.05) is 49.5 Å². The molecule has 6 heteroatoms. The number of unbranched alkanes of at least 4 members (excludes halogenated alkanes) is 4. The van der Waals surface area contributed by atoms with Gasteiger partial charge in [-0.2, -0.15) is 0 Å². The van der Waals surface area contributed by atoms with Crippen LogP contribution in [0.15, 0.2) is 24.3 Å². The van der Waals surface area contributed by atoms with Gasteiger partial charge in [0.2, 0.25) is 5.91 Å². The van der Waals surface area contributed by atoms with Gasteiger partial charge in [-0.05, 0) is 87.0 Å². The van der Waals surface area contributed by atoms with Crippen LogP contribution < -0.4 is 15.5 Å². The molecule has 2 N–H and O–H groups in total. The van der Waals surface area contributed by atoms with E-state index in [1.165, 1.54) is 64.2 Å². The normalized spacial score (nSPS) is 29.3. The van der Waals surface area contributed by atoms with Crippen molar-refractivity contribution in [2.45, 2.75) is 89.5 Å². The molecule has 192 valence electrons. The van der Waals surface area contributed by atoms with E-state index in [2.05, 4.69) is 34.6 Å². The Morgan fingerprint density at radius 1 is 0.857 bits per heavy atom. The molecule has 5 fully saturated rings. The lowest BCUT2D eigenvalue weighted by atomic mass is 9.53. The molecular formula is C29H44N4O2. The lowest BCUT2D eigenvalue weighted by Gasteiger charge is -2.56. The molecule has 1 aromatic rings. The van der Waals surface area contributed by atoms with Gasteiger partial charge in [-0.3, -0.25) is 4.79 Å². The summed E-state index contributed by atoms with van der Waals surface area (Å²) in [4.78, 5) is 29.7. The second kappa shape index (κ2) is 10.8. The first-order valence-electron chi connectivity index (χ1n) is 14.2. The first-order valence-corrected chi connectivity index (χ1v) is 14.2. The van der Waals surface area contributed by atoms with Crippen LogP contribution >= 0.6 is 0 Å². The number of nitrogens with zero attached hydrogens (tertiary/aromatic N) is 2. The van der Waals surface area contributed by atoms with E-state index < -0.39 is 0 Å². The van der Waals surface area contributed by atoms with Gasteiger partial charge in [0.05, 0.1) is 0 Å². The van der Waals surface area contributed by atoms with Crippen LogP contribution in [0.2, 0.25) is 0 Å². The number of carbonyl (C=O) groups is 2.